The summed E-state index contributed by atoms with van der Waals surface area (Å²) in [5.41, 5.74) is 5.40. The lowest BCUT2D eigenvalue weighted by Crippen LogP contribution is -2.46. The van der Waals surface area contributed by atoms with Crippen LogP contribution in [0.2, 0.25) is 0 Å². The first-order valence-corrected chi connectivity index (χ1v) is 7.66. The highest BCUT2D eigenvalue weighted by atomic mass is 19.1. The van der Waals surface area contributed by atoms with Crippen molar-refractivity contribution in [2.24, 2.45) is 11.7 Å². The van der Waals surface area contributed by atoms with Gasteiger partial charge in [0, 0.05) is 32.2 Å². The maximum atomic E-state index is 13.9. The van der Waals surface area contributed by atoms with Gasteiger partial charge in [0.1, 0.15) is 11.6 Å². The highest BCUT2D eigenvalue weighted by Gasteiger charge is 2.30. The average molecular weight is 325 g/mol. The first kappa shape index (κ1) is 17.3. The van der Waals surface area contributed by atoms with Crippen molar-refractivity contribution in [3.8, 4) is 0 Å². The smallest absolute Gasteiger partial charge is 0.256 e. The van der Waals surface area contributed by atoms with Crippen LogP contribution in [-0.4, -0.2) is 42.9 Å². The third-order valence-electron chi connectivity index (χ3n) is 4.00. The number of aryl methyl sites for hydroxylation is 1. The maximum absolute atomic E-state index is 13.9. The second-order valence-electron chi connectivity index (χ2n) is 5.75. The topological polar surface area (TPSA) is 75.4 Å². The number of nitrogens with one attached hydrogen (secondary N) is 1. The number of piperidine rings is 1. The van der Waals surface area contributed by atoms with Crippen molar-refractivity contribution in [1.82, 2.24) is 10.2 Å². The summed E-state index contributed by atoms with van der Waals surface area (Å²) in [6.45, 7) is 2.89. The lowest BCUT2D eigenvalue weighted by Gasteiger charge is -2.32. The van der Waals surface area contributed by atoms with Crippen molar-refractivity contribution in [3.05, 3.63) is 34.9 Å². The van der Waals surface area contributed by atoms with Crippen LogP contribution in [0.4, 0.5) is 8.78 Å². The minimum Gasteiger partial charge on any atom is -0.355 e. The van der Waals surface area contributed by atoms with E-state index < -0.39 is 17.5 Å². The van der Waals surface area contributed by atoms with Crippen LogP contribution < -0.4 is 11.1 Å². The number of hydrogen-bond acceptors (Lipinski definition) is 3. The molecule has 0 aromatic heterocycles. The summed E-state index contributed by atoms with van der Waals surface area (Å²) in [6.07, 6.45) is 1.33. The van der Waals surface area contributed by atoms with Gasteiger partial charge in [-0.2, -0.15) is 0 Å². The van der Waals surface area contributed by atoms with E-state index in [9.17, 15) is 18.4 Å². The predicted octanol–water partition coefficient (Wildman–Crippen LogP) is 1.20. The standard InChI is InChI=1S/C16H21F2N3O2/c1-10-7-12(14(18)8-13(10)17)16(23)21-6-2-3-11(9-21)15(22)20-5-4-19/h7-8,11H,2-6,9,19H2,1H3,(H,20,22). The number of likely N-dealkylation sites (tertiary alicyclic amines) is 1. The van der Waals surface area contributed by atoms with E-state index in [4.69, 9.17) is 5.73 Å². The second kappa shape index (κ2) is 7.50. The van der Waals surface area contributed by atoms with Crippen LogP contribution in [0, 0.1) is 24.5 Å². The van der Waals surface area contributed by atoms with Gasteiger partial charge in [0.2, 0.25) is 5.91 Å². The van der Waals surface area contributed by atoms with Crippen molar-refractivity contribution in [1.29, 1.82) is 0 Å². The molecule has 1 aromatic rings. The van der Waals surface area contributed by atoms with Gasteiger partial charge in [-0.15, -0.1) is 0 Å². The van der Waals surface area contributed by atoms with Gasteiger partial charge in [0.25, 0.3) is 5.91 Å². The summed E-state index contributed by atoms with van der Waals surface area (Å²) in [7, 11) is 0. The van der Waals surface area contributed by atoms with Gasteiger partial charge in [-0.1, -0.05) is 0 Å². The fraction of sp³-hybridized carbons (Fsp3) is 0.500. The first-order chi connectivity index (χ1) is 10.9. The molecule has 1 atom stereocenters. The number of carbonyl (C=O) groups is 2. The van der Waals surface area contributed by atoms with E-state index in [-0.39, 0.29) is 29.5 Å². The highest BCUT2D eigenvalue weighted by Crippen LogP contribution is 2.21. The Bertz CT molecular complexity index is 607. The molecule has 23 heavy (non-hydrogen) atoms. The zero-order valence-corrected chi connectivity index (χ0v) is 13.1. The number of benzene rings is 1. The van der Waals surface area contributed by atoms with Crippen LogP contribution >= 0.6 is 0 Å². The van der Waals surface area contributed by atoms with Crippen LogP contribution in [0.5, 0.6) is 0 Å². The molecule has 0 aliphatic carbocycles. The van der Waals surface area contributed by atoms with E-state index in [1.54, 1.807) is 0 Å². The predicted molar refractivity (Wildman–Crippen MR) is 81.8 cm³/mol. The zero-order valence-electron chi connectivity index (χ0n) is 13.1. The lowest BCUT2D eigenvalue weighted by molar-refractivity contribution is -0.126. The molecule has 0 radical (unpaired) electrons. The van der Waals surface area contributed by atoms with Crippen molar-refractivity contribution in [2.75, 3.05) is 26.2 Å². The normalized spacial score (nSPS) is 17.9. The molecule has 1 unspecified atom stereocenters. The summed E-state index contributed by atoms with van der Waals surface area (Å²) in [5, 5.41) is 2.70. The van der Waals surface area contributed by atoms with Gasteiger partial charge in [-0.3, -0.25) is 9.59 Å². The number of nitrogens with two attached hydrogens (primary N) is 1. The lowest BCUT2D eigenvalue weighted by atomic mass is 9.96. The van der Waals surface area contributed by atoms with Crippen LogP contribution in [-0.2, 0) is 4.79 Å². The number of nitrogens with zero attached hydrogens (tertiary/aromatic N) is 1. The number of rotatable bonds is 4. The van der Waals surface area contributed by atoms with Crippen molar-refractivity contribution < 1.29 is 18.4 Å². The summed E-state index contributed by atoms with van der Waals surface area (Å²) in [6, 6.07) is 1.93. The molecule has 7 heteroatoms. The van der Waals surface area contributed by atoms with Crippen LogP contribution in [0.1, 0.15) is 28.8 Å². The molecule has 1 aliphatic rings. The minimum absolute atomic E-state index is 0.149. The molecule has 0 bridgehead atoms. The molecule has 1 aliphatic heterocycles. The Labute approximate surface area is 133 Å². The first-order valence-electron chi connectivity index (χ1n) is 7.66. The number of amides is 2. The molecule has 1 aromatic carbocycles. The van der Waals surface area contributed by atoms with E-state index in [1.807, 2.05) is 0 Å². The Morgan fingerprint density at radius 2 is 2.09 bits per heavy atom. The molecular formula is C16H21F2N3O2. The molecule has 2 rings (SSSR count). The van der Waals surface area contributed by atoms with Gasteiger partial charge >= 0.3 is 0 Å². The zero-order chi connectivity index (χ0) is 17.0. The minimum atomic E-state index is -0.882. The Balaban J connectivity index is 2.10. The van der Waals surface area contributed by atoms with E-state index in [2.05, 4.69) is 5.32 Å². The van der Waals surface area contributed by atoms with E-state index in [0.717, 1.165) is 6.07 Å². The SMILES string of the molecule is Cc1cc(C(=O)N2CCCC(C(=O)NCCN)C2)c(F)cc1F. The summed E-state index contributed by atoms with van der Waals surface area (Å²) >= 11 is 0. The van der Waals surface area contributed by atoms with Gasteiger partial charge in [-0.05, 0) is 31.4 Å². The van der Waals surface area contributed by atoms with Gasteiger partial charge < -0.3 is 16.0 Å². The molecule has 1 heterocycles. The van der Waals surface area contributed by atoms with Crippen LogP contribution in [0.25, 0.3) is 0 Å². The van der Waals surface area contributed by atoms with Crippen LogP contribution in [0.15, 0.2) is 12.1 Å². The molecule has 0 spiro atoms. The Kier molecular flexibility index (Phi) is 5.65. The third-order valence-corrected chi connectivity index (χ3v) is 4.00. The number of carbonyl (C=O) groups excluding carboxylic acids is 2. The van der Waals surface area contributed by atoms with Crippen molar-refractivity contribution in [3.63, 3.8) is 0 Å². The fourth-order valence-corrected chi connectivity index (χ4v) is 2.71. The molecule has 0 saturated carbocycles. The fourth-order valence-electron chi connectivity index (χ4n) is 2.71. The molecular weight excluding hydrogens is 304 g/mol. The summed E-state index contributed by atoms with van der Waals surface area (Å²) < 4.78 is 27.2. The van der Waals surface area contributed by atoms with E-state index in [1.165, 1.54) is 17.9 Å². The number of halogens is 2. The van der Waals surface area contributed by atoms with Gasteiger partial charge in [0.05, 0.1) is 11.5 Å². The molecule has 126 valence electrons. The number of hydrogen-bond donors (Lipinski definition) is 2. The van der Waals surface area contributed by atoms with E-state index >= 15 is 0 Å². The van der Waals surface area contributed by atoms with Crippen molar-refractivity contribution in [2.45, 2.75) is 19.8 Å². The molecule has 1 saturated heterocycles. The monoisotopic (exact) mass is 325 g/mol. The van der Waals surface area contributed by atoms with Crippen molar-refractivity contribution >= 4 is 11.8 Å². The Morgan fingerprint density at radius 1 is 1.35 bits per heavy atom. The van der Waals surface area contributed by atoms with Gasteiger partial charge in [-0.25, -0.2) is 8.78 Å². The second-order valence-corrected chi connectivity index (χ2v) is 5.75. The molecule has 5 nitrogen and oxygen atoms in total. The Hall–Kier alpha value is -2.02. The summed E-state index contributed by atoms with van der Waals surface area (Å²) in [5.74, 6) is -2.56. The third kappa shape index (κ3) is 4.04. The molecule has 1 fully saturated rings. The largest absolute Gasteiger partial charge is 0.355 e. The molecule has 3 N–H and O–H groups in total. The van der Waals surface area contributed by atoms with Crippen LogP contribution in [0.3, 0.4) is 0 Å². The van der Waals surface area contributed by atoms with E-state index in [0.29, 0.717) is 32.5 Å². The Morgan fingerprint density at radius 3 is 2.78 bits per heavy atom. The summed E-state index contributed by atoms with van der Waals surface area (Å²) in [4.78, 5) is 25.9. The molecule has 2 amide bonds. The quantitative estimate of drug-likeness (QED) is 0.873. The average Bonchev–Trinajstić information content (AvgIpc) is 2.55. The maximum Gasteiger partial charge on any atom is 0.256 e. The van der Waals surface area contributed by atoms with Gasteiger partial charge in [0.15, 0.2) is 0 Å². The highest BCUT2D eigenvalue weighted by molar-refractivity contribution is 5.95.